The molecule has 0 heterocycles. The van der Waals surface area contributed by atoms with Crippen molar-refractivity contribution in [1.82, 2.24) is 0 Å². The van der Waals surface area contributed by atoms with Crippen LogP contribution >= 0.6 is 0 Å². The predicted octanol–water partition coefficient (Wildman–Crippen LogP) is 16.8. The second kappa shape index (κ2) is 33.1. The molecule has 0 aromatic heterocycles. The molecule has 0 bridgehead atoms. The number of ether oxygens (including phenoxy) is 6. The molecule has 0 saturated heterocycles. The van der Waals surface area contributed by atoms with Gasteiger partial charge in [0, 0.05) is 22.3 Å². The Hall–Kier alpha value is -3.54. The van der Waals surface area contributed by atoms with Crippen LogP contribution in [0.3, 0.4) is 0 Å². The zero-order valence-corrected chi connectivity index (χ0v) is 39.3. The molecule has 0 amide bonds. The molecule has 0 N–H and O–H groups in total. The first kappa shape index (κ1) is 50.8. The molecule has 0 aliphatic carbocycles. The molecule has 0 fully saturated rings. The van der Waals surface area contributed by atoms with Crippen molar-refractivity contribution in [2.75, 3.05) is 39.6 Å². The molecule has 0 saturated carbocycles. The van der Waals surface area contributed by atoms with Crippen molar-refractivity contribution in [2.45, 2.75) is 196 Å². The fraction of sp³-hybridized carbons (Fsp3) is 0.667. The van der Waals surface area contributed by atoms with Crippen molar-refractivity contribution in [3.63, 3.8) is 0 Å². The van der Waals surface area contributed by atoms with E-state index in [4.69, 9.17) is 28.4 Å². The van der Waals surface area contributed by atoms with Gasteiger partial charge in [-0.05, 0) is 87.1 Å². The molecule has 338 valence electrons. The van der Waals surface area contributed by atoms with Crippen LogP contribution in [0.5, 0.6) is 34.5 Å². The highest BCUT2D eigenvalue weighted by Crippen LogP contribution is 2.47. The molecule has 0 atom stereocenters. The Morgan fingerprint density at radius 1 is 0.250 bits per heavy atom. The van der Waals surface area contributed by atoms with Crippen LogP contribution in [-0.4, -0.2) is 39.6 Å². The van der Waals surface area contributed by atoms with Crippen molar-refractivity contribution >= 4 is 0 Å². The molecule has 0 unspecified atom stereocenters. The Morgan fingerprint density at radius 3 is 0.783 bits per heavy atom. The average molecular weight is 831 g/mol. The van der Waals surface area contributed by atoms with Gasteiger partial charge in [0.25, 0.3) is 0 Å². The van der Waals surface area contributed by atoms with Gasteiger partial charge < -0.3 is 28.4 Å². The molecule has 0 radical (unpaired) electrons. The lowest BCUT2D eigenvalue weighted by Gasteiger charge is -2.22. The first-order valence-corrected chi connectivity index (χ1v) is 24.8. The molecule has 3 aromatic carbocycles. The summed E-state index contributed by atoms with van der Waals surface area (Å²) in [6, 6.07) is 17.0. The van der Waals surface area contributed by atoms with Gasteiger partial charge in [-0.2, -0.15) is 0 Å². The largest absolute Gasteiger partial charge is 0.494 e. The summed E-state index contributed by atoms with van der Waals surface area (Å²) in [7, 11) is 0. The zero-order valence-electron chi connectivity index (χ0n) is 39.3. The van der Waals surface area contributed by atoms with E-state index in [1.165, 1.54) is 89.9 Å². The van der Waals surface area contributed by atoms with Gasteiger partial charge in [-0.3, -0.25) is 0 Å². The topological polar surface area (TPSA) is 55.4 Å². The molecule has 3 aromatic rings. The van der Waals surface area contributed by atoms with Crippen LogP contribution in [0, 0.1) is 0 Å². The van der Waals surface area contributed by atoms with Crippen LogP contribution < -0.4 is 28.4 Å². The predicted molar refractivity (Wildman–Crippen MR) is 255 cm³/mol. The molecule has 0 aliphatic heterocycles. The Kier molecular flexibility index (Phi) is 28.1. The van der Waals surface area contributed by atoms with E-state index in [2.05, 4.69) is 90.1 Å². The number of unbranched alkanes of at least 4 members (excludes halogenated alkanes) is 18. The number of hydrogen-bond acceptors (Lipinski definition) is 6. The van der Waals surface area contributed by atoms with Crippen LogP contribution in [0.25, 0.3) is 22.3 Å². The van der Waals surface area contributed by atoms with E-state index in [1.807, 2.05) is 0 Å². The van der Waals surface area contributed by atoms with Crippen molar-refractivity contribution in [1.29, 1.82) is 0 Å². The van der Waals surface area contributed by atoms with Crippen LogP contribution in [0.4, 0.5) is 0 Å². The van der Waals surface area contributed by atoms with Gasteiger partial charge in [0.2, 0.25) is 0 Å². The van der Waals surface area contributed by atoms with Gasteiger partial charge in [-0.25, -0.2) is 0 Å². The SMILES string of the molecule is CCCCCCOc1ccc(OCCCCCC)c(-c2cc(OCCCCCC)c(-c3cc(OCCCCCC)ccc3OCCCCCC)cc2OCCCCCC)c1. The molecule has 3 rings (SSSR count). The smallest absolute Gasteiger partial charge is 0.128 e. The standard InChI is InChI=1S/C54H86O6/c1-7-13-19-25-35-55-45-31-33-51(57-37-27-21-15-9-3)47(41-45)49-43-54(60-40-30-24-18-12-6)50(44-53(49)59-39-29-23-17-11-5)48-42-46(56-36-26-20-14-8-2)32-34-52(48)58-38-28-22-16-10-4/h31-34,41-44H,7-30,35-40H2,1-6H3. The number of benzene rings is 3. The highest BCUT2D eigenvalue weighted by molar-refractivity contribution is 5.86. The van der Waals surface area contributed by atoms with Gasteiger partial charge in [0.05, 0.1) is 39.6 Å². The first-order chi connectivity index (χ1) is 29.6. The molecule has 60 heavy (non-hydrogen) atoms. The van der Waals surface area contributed by atoms with E-state index >= 15 is 0 Å². The van der Waals surface area contributed by atoms with E-state index in [-0.39, 0.29) is 0 Å². The fourth-order valence-corrected chi connectivity index (χ4v) is 7.37. The minimum atomic E-state index is 0.631. The monoisotopic (exact) mass is 831 g/mol. The zero-order chi connectivity index (χ0) is 42.9. The molecular weight excluding hydrogens is 745 g/mol. The van der Waals surface area contributed by atoms with Crippen molar-refractivity contribution in [2.24, 2.45) is 0 Å². The number of rotatable bonds is 38. The average Bonchev–Trinajstić information content (AvgIpc) is 3.26. The maximum Gasteiger partial charge on any atom is 0.128 e. The summed E-state index contributed by atoms with van der Waals surface area (Å²) in [5, 5.41) is 0. The van der Waals surface area contributed by atoms with E-state index in [0.717, 1.165) is 121 Å². The van der Waals surface area contributed by atoms with Gasteiger partial charge in [0.1, 0.15) is 34.5 Å². The maximum absolute atomic E-state index is 6.86. The lowest BCUT2D eigenvalue weighted by atomic mass is 9.96. The minimum absolute atomic E-state index is 0.631. The van der Waals surface area contributed by atoms with Crippen LogP contribution in [0.2, 0.25) is 0 Å². The first-order valence-electron chi connectivity index (χ1n) is 24.8. The fourth-order valence-electron chi connectivity index (χ4n) is 7.37. The molecule has 0 aliphatic rings. The third-order valence-electron chi connectivity index (χ3n) is 11.1. The summed E-state index contributed by atoms with van der Waals surface area (Å²) in [5.41, 5.74) is 3.87. The quantitative estimate of drug-likeness (QED) is 0.0536. The van der Waals surface area contributed by atoms with Crippen LogP contribution in [-0.2, 0) is 0 Å². The highest BCUT2D eigenvalue weighted by Gasteiger charge is 2.22. The van der Waals surface area contributed by atoms with Gasteiger partial charge in [-0.15, -0.1) is 0 Å². The van der Waals surface area contributed by atoms with E-state index < -0.39 is 0 Å². The summed E-state index contributed by atoms with van der Waals surface area (Å²) < 4.78 is 39.8. The Bertz CT molecular complexity index is 1410. The highest BCUT2D eigenvalue weighted by atomic mass is 16.5. The summed E-state index contributed by atoms with van der Waals surface area (Å²) in [6.45, 7) is 17.5. The molecule has 6 heteroatoms. The molecular formula is C54H86O6. The lowest BCUT2D eigenvalue weighted by Crippen LogP contribution is -2.06. The number of hydrogen-bond donors (Lipinski definition) is 0. The van der Waals surface area contributed by atoms with Gasteiger partial charge >= 0.3 is 0 Å². The van der Waals surface area contributed by atoms with Crippen molar-refractivity contribution in [3.05, 3.63) is 48.5 Å². The summed E-state index contributed by atoms with van der Waals surface area (Å²) >= 11 is 0. The van der Waals surface area contributed by atoms with Crippen LogP contribution in [0.15, 0.2) is 48.5 Å². The van der Waals surface area contributed by atoms with Crippen LogP contribution in [0.1, 0.15) is 196 Å². The Morgan fingerprint density at radius 2 is 0.500 bits per heavy atom. The van der Waals surface area contributed by atoms with E-state index in [0.29, 0.717) is 39.6 Å². The lowest BCUT2D eigenvalue weighted by molar-refractivity contribution is 0.293. The van der Waals surface area contributed by atoms with Gasteiger partial charge in [-0.1, -0.05) is 157 Å². The normalized spacial score (nSPS) is 11.2. The molecule has 0 spiro atoms. The summed E-state index contributed by atoms with van der Waals surface area (Å²) in [4.78, 5) is 0. The minimum Gasteiger partial charge on any atom is -0.494 e. The second-order valence-corrected chi connectivity index (χ2v) is 16.6. The van der Waals surface area contributed by atoms with Crippen molar-refractivity contribution < 1.29 is 28.4 Å². The van der Waals surface area contributed by atoms with Gasteiger partial charge in [0.15, 0.2) is 0 Å². The molecule has 6 nitrogen and oxygen atoms in total. The Balaban J connectivity index is 2.21. The second-order valence-electron chi connectivity index (χ2n) is 16.6. The third kappa shape index (κ3) is 19.9. The maximum atomic E-state index is 6.86. The van der Waals surface area contributed by atoms with Crippen molar-refractivity contribution in [3.8, 4) is 56.8 Å². The van der Waals surface area contributed by atoms with E-state index in [1.54, 1.807) is 0 Å². The van der Waals surface area contributed by atoms with E-state index in [9.17, 15) is 0 Å². The third-order valence-corrected chi connectivity index (χ3v) is 11.1. The summed E-state index contributed by atoms with van der Waals surface area (Å²) in [6.07, 6.45) is 27.5. The Labute approximate surface area is 367 Å². The summed E-state index contributed by atoms with van der Waals surface area (Å²) in [5.74, 6) is 5.02.